The Bertz CT molecular complexity index is 1020. The van der Waals surface area contributed by atoms with Crippen molar-refractivity contribution in [3.63, 3.8) is 0 Å². The van der Waals surface area contributed by atoms with Gasteiger partial charge in [0.1, 0.15) is 35.8 Å². The van der Waals surface area contributed by atoms with E-state index in [-0.39, 0.29) is 37.4 Å². The largest absolute Gasteiger partial charge is 0.444 e. The van der Waals surface area contributed by atoms with Crippen molar-refractivity contribution in [3.05, 3.63) is 41.3 Å². The van der Waals surface area contributed by atoms with Gasteiger partial charge in [0.05, 0.1) is 25.4 Å². The Morgan fingerprint density at radius 3 is 2.68 bits per heavy atom. The van der Waals surface area contributed by atoms with Gasteiger partial charge in [0.2, 0.25) is 0 Å². The van der Waals surface area contributed by atoms with Gasteiger partial charge in [0.25, 0.3) is 5.91 Å². The standard InChI is InChI=1S/C23H29F2N5O4/c1-23(2,3)34-22(32)29-8-7-18(17(25)12-29)30-19(10-26)15(11-28-30)13-33-20-6-5-14(9-16(20)24)21(31)27-4/h5-6,9,11,16-18,20H,7-8,12-13H2,1-4H3,(H,27,31)/t16?,17-,18-,20?/m0/s1. The van der Waals surface area contributed by atoms with Gasteiger partial charge in [-0.25, -0.2) is 18.3 Å². The van der Waals surface area contributed by atoms with E-state index in [1.807, 2.05) is 6.07 Å². The summed E-state index contributed by atoms with van der Waals surface area (Å²) in [4.78, 5) is 25.2. The number of piperidine rings is 1. The van der Waals surface area contributed by atoms with E-state index in [0.29, 0.717) is 5.56 Å². The Labute approximate surface area is 197 Å². The summed E-state index contributed by atoms with van der Waals surface area (Å²) in [5.74, 6) is -0.399. The Hall–Kier alpha value is -3.26. The highest BCUT2D eigenvalue weighted by Gasteiger charge is 2.36. The SMILES string of the molecule is CNC(=O)C1=CC(F)C(OCc2cnn([C@H]3CCN(C(=O)OC(C)(C)C)C[C@@H]3F)c2C#N)C=C1. The molecule has 0 aromatic carbocycles. The van der Waals surface area contributed by atoms with Crippen molar-refractivity contribution in [2.45, 2.75) is 63.9 Å². The minimum Gasteiger partial charge on any atom is -0.444 e. The van der Waals surface area contributed by atoms with Crippen LogP contribution < -0.4 is 5.32 Å². The highest BCUT2D eigenvalue weighted by atomic mass is 19.1. The highest BCUT2D eigenvalue weighted by Crippen LogP contribution is 2.29. The number of nitrogens with zero attached hydrogens (tertiary/aromatic N) is 4. The first-order valence-corrected chi connectivity index (χ1v) is 11.0. The quantitative estimate of drug-likeness (QED) is 0.699. The third kappa shape index (κ3) is 5.80. The second-order valence-corrected chi connectivity index (χ2v) is 9.15. The molecule has 1 saturated heterocycles. The first-order valence-electron chi connectivity index (χ1n) is 11.0. The third-order valence-electron chi connectivity index (χ3n) is 5.49. The number of aromatic nitrogens is 2. The molecular formula is C23H29F2N5O4. The van der Waals surface area contributed by atoms with Crippen molar-refractivity contribution in [3.8, 4) is 6.07 Å². The number of ether oxygens (including phenoxy) is 2. The lowest BCUT2D eigenvalue weighted by Crippen LogP contribution is -2.47. The van der Waals surface area contributed by atoms with Gasteiger partial charge in [0.15, 0.2) is 0 Å². The van der Waals surface area contributed by atoms with Crippen LogP contribution in [0, 0.1) is 11.3 Å². The van der Waals surface area contributed by atoms with E-state index >= 15 is 4.39 Å². The van der Waals surface area contributed by atoms with E-state index in [1.165, 1.54) is 41.1 Å². The monoisotopic (exact) mass is 477 g/mol. The summed E-state index contributed by atoms with van der Waals surface area (Å²) < 4.78 is 41.7. The number of hydrogen-bond acceptors (Lipinski definition) is 6. The molecule has 11 heteroatoms. The van der Waals surface area contributed by atoms with Crippen LogP contribution in [0.15, 0.2) is 30.0 Å². The van der Waals surface area contributed by atoms with Crippen LogP contribution in [0.5, 0.6) is 0 Å². The van der Waals surface area contributed by atoms with Gasteiger partial charge >= 0.3 is 6.09 Å². The fourth-order valence-electron chi connectivity index (χ4n) is 3.79. The topological polar surface area (TPSA) is 109 Å². The summed E-state index contributed by atoms with van der Waals surface area (Å²) in [5, 5.41) is 16.3. The molecule has 1 aliphatic carbocycles. The Morgan fingerprint density at radius 2 is 2.09 bits per heavy atom. The first kappa shape index (κ1) is 25.4. The van der Waals surface area contributed by atoms with Gasteiger partial charge in [-0.05, 0) is 33.3 Å². The predicted molar refractivity (Wildman–Crippen MR) is 118 cm³/mol. The van der Waals surface area contributed by atoms with E-state index < -0.39 is 42.1 Å². The number of carbonyl (C=O) groups is 2. The Morgan fingerprint density at radius 1 is 1.35 bits per heavy atom. The highest BCUT2D eigenvalue weighted by molar-refractivity contribution is 5.96. The number of amides is 2. The molecule has 34 heavy (non-hydrogen) atoms. The number of carbonyl (C=O) groups excluding carboxylic acids is 2. The maximum atomic E-state index is 15.0. The van der Waals surface area contributed by atoms with Crippen molar-refractivity contribution in [2.75, 3.05) is 20.1 Å². The summed E-state index contributed by atoms with van der Waals surface area (Å²) in [7, 11) is 1.46. The van der Waals surface area contributed by atoms with Crippen molar-refractivity contribution < 1.29 is 27.8 Å². The zero-order valence-electron chi connectivity index (χ0n) is 19.6. The summed E-state index contributed by atoms with van der Waals surface area (Å²) in [6, 6.07) is 1.29. The fourth-order valence-corrected chi connectivity index (χ4v) is 3.79. The van der Waals surface area contributed by atoms with Crippen LogP contribution >= 0.6 is 0 Å². The van der Waals surface area contributed by atoms with Crippen LogP contribution in [-0.2, 0) is 20.9 Å². The average molecular weight is 478 g/mol. The fraction of sp³-hybridized carbons (Fsp3) is 0.565. The summed E-state index contributed by atoms with van der Waals surface area (Å²) in [5.41, 5.74) is 0.0319. The van der Waals surface area contributed by atoms with Gasteiger partial charge in [-0.15, -0.1) is 0 Å². The smallest absolute Gasteiger partial charge is 0.410 e. The number of nitriles is 1. The molecule has 184 valence electrons. The van der Waals surface area contributed by atoms with E-state index in [0.717, 1.165) is 0 Å². The van der Waals surface area contributed by atoms with Crippen LogP contribution in [0.25, 0.3) is 0 Å². The first-order chi connectivity index (χ1) is 16.0. The van der Waals surface area contributed by atoms with E-state index in [2.05, 4.69) is 10.4 Å². The number of alkyl halides is 2. The number of halogens is 2. The number of rotatable bonds is 5. The zero-order valence-corrected chi connectivity index (χ0v) is 19.6. The molecule has 0 bridgehead atoms. The maximum Gasteiger partial charge on any atom is 0.410 e. The molecule has 9 nitrogen and oxygen atoms in total. The lowest BCUT2D eigenvalue weighted by molar-refractivity contribution is -0.116. The molecule has 2 aliphatic rings. The molecule has 0 spiro atoms. The second kappa shape index (κ2) is 10.3. The van der Waals surface area contributed by atoms with Crippen LogP contribution in [0.1, 0.15) is 44.5 Å². The van der Waals surface area contributed by atoms with E-state index in [4.69, 9.17) is 9.47 Å². The van der Waals surface area contributed by atoms with Gasteiger partial charge < -0.3 is 19.7 Å². The molecule has 2 amide bonds. The molecule has 2 unspecified atom stereocenters. The van der Waals surface area contributed by atoms with Crippen molar-refractivity contribution >= 4 is 12.0 Å². The molecule has 2 heterocycles. The van der Waals surface area contributed by atoms with E-state index in [9.17, 15) is 19.2 Å². The minimum atomic E-state index is -1.54. The normalized spacial score (nSPS) is 24.9. The molecular weight excluding hydrogens is 448 g/mol. The summed E-state index contributed by atoms with van der Waals surface area (Å²) in [6.07, 6.45) is 1.23. The Balaban J connectivity index is 1.64. The van der Waals surface area contributed by atoms with Gasteiger partial charge in [0, 0.05) is 24.7 Å². The average Bonchev–Trinajstić information content (AvgIpc) is 3.18. The number of likely N-dealkylation sites (tertiary alicyclic amines) is 1. The molecule has 3 rings (SSSR count). The third-order valence-corrected chi connectivity index (χ3v) is 5.49. The molecule has 1 fully saturated rings. The van der Waals surface area contributed by atoms with Crippen LogP contribution in [-0.4, -0.2) is 70.9 Å². The van der Waals surface area contributed by atoms with Crippen LogP contribution in [0.4, 0.5) is 13.6 Å². The Kier molecular flexibility index (Phi) is 7.71. The van der Waals surface area contributed by atoms with Gasteiger partial charge in [-0.1, -0.05) is 12.2 Å². The van der Waals surface area contributed by atoms with E-state index in [1.54, 1.807) is 20.8 Å². The lowest BCUT2D eigenvalue weighted by Gasteiger charge is -2.35. The van der Waals surface area contributed by atoms with Gasteiger partial charge in [-0.2, -0.15) is 10.4 Å². The molecule has 1 aromatic rings. The molecule has 1 N–H and O–H groups in total. The number of likely N-dealkylation sites (N-methyl/N-ethyl adjacent to an activating group) is 1. The van der Waals surface area contributed by atoms with Crippen molar-refractivity contribution in [1.82, 2.24) is 20.0 Å². The summed E-state index contributed by atoms with van der Waals surface area (Å²) >= 11 is 0. The minimum absolute atomic E-state index is 0.116. The molecule has 0 saturated carbocycles. The second-order valence-electron chi connectivity index (χ2n) is 9.15. The van der Waals surface area contributed by atoms with Crippen molar-refractivity contribution in [2.24, 2.45) is 0 Å². The number of nitrogens with one attached hydrogen (secondary N) is 1. The molecule has 1 aromatic heterocycles. The van der Waals surface area contributed by atoms with Crippen LogP contribution in [0.3, 0.4) is 0 Å². The molecule has 1 aliphatic heterocycles. The van der Waals surface area contributed by atoms with Gasteiger partial charge in [-0.3, -0.25) is 4.79 Å². The van der Waals surface area contributed by atoms with Crippen molar-refractivity contribution in [1.29, 1.82) is 5.26 Å². The maximum absolute atomic E-state index is 15.0. The number of hydrogen-bond donors (Lipinski definition) is 1. The lowest BCUT2D eigenvalue weighted by atomic mass is 10.0. The molecule has 4 atom stereocenters. The summed E-state index contributed by atoms with van der Waals surface area (Å²) in [6.45, 7) is 5.18. The zero-order chi connectivity index (χ0) is 25.0. The van der Waals surface area contributed by atoms with Crippen LogP contribution in [0.2, 0.25) is 0 Å². The molecule has 0 radical (unpaired) electrons. The predicted octanol–water partition coefficient (Wildman–Crippen LogP) is 2.74.